The van der Waals surface area contributed by atoms with E-state index in [9.17, 15) is 4.79 Å². The van der Waals surface area contributed by atoms with Gasteiger partial charge in [-0.2, -0.15) is 0 Å². The topological polar surface area (TPSA) is 49.6 Å². The summed E-state index contributed by atoms with van der Waals surface area (Å²) in [5.41, 5.74) is 8.23. The lowest BCUT2D eigenvalue weighted by atomic mass is 10.1. The number of hydrogen-bond acceptors (Lipinski definition) is 3. The molecule has 1 amide bonds. The molecular weight excluding hydrogens is 238 g/mol. The van der Waals surface area contributed by atoms with Gasteiger partial charge in [-0.3, -0.25) is 4.79 Å². The Bertz CT molecular complexity index is 428. The van der Waals surface area contributed by atoms with Gasteiger partial charge < -0.3 is 15.5 Å². The summed E-state index contributed by atoms with van der Waals surface area (Å²) in [6.07, 6.45) is 1.02. The van der Waals surface area contributed by atoms with Crippen LogP contribution in [0, 0.1) is 0 Å². The molecule has 0 aliphatic carbocycles. The number of nitrogens with two attached hydrogens (primary N) is 1. The zero-order valence-electron chi connectivity index (χ0n) is 11.8. The van der Waals surface area contributed by atoms with Crippen LogP contribution < -0.4 is 10.6 Å². The number of benzene rings is 1. The van der Waals surface area contributed by atoms with E-state index in [0.717, 1.165) is 38.2 Å². The molecule has 1 heterocycles. The molecule has 4 heteroatoms. The minimum Gasteiger partial charge on any atom is -0.370 e. The van der Waals surface area contributed by atoms with Crippen molar-refractivity contribution in [3.05, 3.63) is 29.8 Å². The molecule has 2 N–H and O–H groups in total. The van der Waals surface area contributed by atoms with Crippen molar-refractivity contribution < 1.29 is 4.79 Å². The van der Waals surface area contributed by atoms with Crippen LogP contribution in [0.3, 0.4) is 0 Å². The largest absolute Gasteiger partial charge is 0.370 e. The molecule has 1 unspecified atom stereocenters. The maximum atomic E-state index is 11.4. The molecule has 0 radical (unpaired) electrons. The number of amides is 1. The third kappa shape index (κ3) is 3.47. The predicted molar refractivity (Wildman–Crippen MR) is 78.1 cm³/mol. The van der Waals surface area contributed by atoms with Crippen LogP contribution in [-0.4, -0.2) is 37.0 Å². The highest BCUT2D eigenvalue weighted by molar-refractivity contribution is 5.73. The van der Waals surface area contributed by atoms with Gasteiger partial charge in [0.1, 0.15) is 0 Å². The van der Waals surface area contributed by atoms with E-state index in [1.54, 1.807) is 6.92 Å². The number of hydrogen-bond donors (Lipinski definition) is 1. The second-order valence-corrected chi connectivity index (χ2v) is 5.23. The molecule has 19 heavy (non-hydrogen) atoms. The molecule has 0 bridgehead atoms. The van der Waals surface area contributed by atoms with Gasteiger partial charge >= 0.3 is 0 Å². The second kappa shape index (κ2) is 6.06. The Morgan fingerprint density at radius 2 is 1.84 bits per heavy atom. The minimum atomic E-state index is 0.0754. The molecule has 0 spiro atoms. The van der Waals surface area contributed by atoms with Crippen molar-refractivity contribution in [1.29, 1.82) is 0 Å². The molecule has 1 aromatic rings. The van der Waals surface area contributed by atoms with Crippen LogP contribution in [0.25, 0.3) is 0 Å². The first-order chi connectivity index (χ1) is 9.08. The van der Waals surface area contributed by atoms with E-state index in [4.69, 9.17) is 5.73 Å². The van der Waals surface area contributed by atoms with E-state index < -0.39 is 0 Å². The van der Waals surface area contributed by atoms with Crippen molar-refractivity contribution in [2.24, 2.45) is 5.73 Å². The highest BCUT2D eigenvalue weighted by Crippen LogP contribution is 2.19. The van der Waals surface area contributed by atoms with Crippen molar-refractivity contribution >= 4 is 11.6 Å². The molecule has 4 nitrogen and oxygen atoms in total. The summed E-state index contributed by atoms with van der Waals surface area (Å²) in [6, 6.07) is 8.51. The Hall–Kier alpha value is -1.55. The third-order valence-corrected chi connectivity index (χ3v) is 3.73. The lowest BCUT2D eigenvalue weighted by Crippen LogP contribution is -2.33. The molecule has 1 aliphatic rings. The van der Waals surface area contributed by atoms with E-state index in [1.165, 1.54) is 5.69 Å². The number of rotatable bonds is 2. The fourth-order valence-corrected chi connectivity index (χ4v) is 2.48. The van der Waals surface area contributed by atoms with E-state index >= 15 is 0 Å². The minimum absolute atomic E-state index is 0.0754. The number of carbonyl (C=O) groups is 1. The SMILES string of the molecule is CC(=O)N1CCCN(c2ccc(C(C)N)cc2)CC1. The Morgan fingerprint density at radius 3 is 2.42 bits per heavy atom. The van der Waals surface area contributed by atoms with Crippen molar-refractivity contribution in [3.8, 4) is 0 Å². The Morgan fingerprint density at radius 1 is 1.16 bits per heavy atom. The van der Waals surface area contributed by atoms with Crippen LogP contribution >= 0.6 is 0 Å². The number of anilines is 1. The third-order valence-electron chi connectivity index (χ3n) is 3.73. The normalized spacial score (nSPS) is 18.1. The van der Waals surface area contributed by atoms with Gasteiger partial charge in [0, 0.05) is 44.8 Å². The molecule has 104 valence electrons. The number of nitrogens with zero attached hydrogens (tertiary/aromatic N) is 2. The fraction of sp³-hybridized carbons (Fsp3) is 0.533. The van der Waals surface area contributed by atoms with E-state index in [2.05, 4.69) is 29.2 Å². The lowest BCUT2D eigenvalue weighted by molar-refractivity contribution is -0.128. The number of carbonyl (C=O) groups excluding carboxylic acids is 1. The summed E-state index contributed by atoms with van der Waals surface area (Å²) in [7, 11) is 0. The molecule has 0 aromatic heterocycles. The van der Waals surface area contributed by atoms with Gasteiger partial charge in [-0.05, 0) is 31.0 Å². The highest BCUT2D eigenvalue weighted by Gasteiger charge is 2.16. The highest BCUT2D eigenvalue weighted by atomic mass is 16.2. The summed E-state index contributed by atoms with van der Waals surface area (Å²) in [5, 5.41) is 0. The van der Waals surface area contributed by atoms with Crippen molar-refractivity contribution in [2.75, 3.05) is 31.1 Å². The van der Waals surface area contributed by atoms with Crippen molar-refractivity contribution in [2.45, 2.75) is 26.3 Å². The summed E-state index contributed by atoms with van der Waals surface area (Å²) in [6.45, 7) is 7.21. The second-order valence-electron chi connectivity index (χ2n) is 5.23. The summed E-state index contributed by atoms with van der Waals surface area (Å²) in [5.74, 6) is 0.175. The Balaban J connectivity index is 2.03. The zero-order chi connectivity index (χ0) is 13.8. The summed E-state index contributed by atoms with van der Waals surface area (Å²) in [4.78, 5) is 15.7. The van der Waals surface area contributed by atoms with Gasteiger partial charge in [0.05, 0.1) is 0 Å². The maximum absolute atomic E-state index is 11.4. The Labute approximate surface area is 115 Å². The van der Waals surface area contributed by atoms with Gasteiger partial charge in [-0.25, -0.2) is 0 Å². The average Bonchev–Trinajstić information content (AvgIpc) is 2.64. The predicted octanol–water partition coefficient (Wildman–Crippen LogP) is 1.76. The average molecular weight is 261 g/mol. The maximum Gasteiger partial charge on any atom is 0.219 e. The van der Waals surface area contributed by atoms with Crippen LogP contribution in [0.2, 0.25) is 0 Å². The van der Waals surface area contributed by atoms with E-state index in [1.807, 2.05) is 11.8 Å². The molecule has 1 fully saturated rings. The van der Waals surface area contributed by atoms with Gasteiger partial charge in [0.25, 0.3) is 0 Å². The summed E-state index contributed by atoms with van der Waals surface area (Å²) < 4.78 is 0. The first-order valence-electron chi connectivity index (χ1n) is 6.94. The molecule has 1 aromatic carbocycles. The smallest absolute Gasteiger partial charge is 0.219 e. The van der Waals surface area contributed by atoms with Crippen LogP contribution in [-0.2, 0) is 4.79 Å². The van der Waals surface area contributed by atoms with Crippen LogP contribution in [0.1, 0.15) is 31.9 Å². The van der Waals surface area contributed by atoms with Gasteiger partial charge in [-0.15, -0.1) is 0 Å². The van der Waals surface area contributed by atoms with Gasteiger partial charge in [-0.1, -0.05) is 12.1 Å². The standard InChI is InChI=1S/C15H23N3O/c1-12(16)14-4-6-15(7-5-14)18-9-3-8-17(10-11-18)13(2)19/h4-7,12H,3,8-11,16H2,1-2H3. The first-order valence-corrected chi connectivity index (χ1v) is 6.94. The zero-order valence-corrected chi connectivity index (χ0v) is 11.8. The van der Waals surface area contributed by atoms with E-state index in [-0.39, 0.29) is 11.9 Å². The van der Waals surface area contributed by atoms with Gasteiger partial charge in [0.15, 0.2) is 0 Å². The van der Waals surface area contributed by atoms with Crippen LogP contribution in [0.15, 0.2) is 24.3 Å². The van der Waals surface area contributed by atoms with Crippen molar-refractivity contribution in [3.63, 3.8) is 0 Å². The molecule has 1 aliphatic heterocycles. The molecular formula is C15H23N3O. The van der Waals surface area contributed by atoms with Crippen LogP contribution in [0.4, 0.5) is 5.69 Å². The van der Waals surface area contributed by atoms with Crippen molar-refractivity contribution in [1.82, 2.24) is 4.90 Å². The van der Waals surface area contributed by atoms with Crippen LogP contribution in [0.5, 0.6) is 0 Å². The quantitative estimate of drug-likeness (QED) is 0.882. The molecule has 0 saturated carbocycles. The fourth-order valence-electron chi connectivity index (χ4n) is 2.48. The first kappa shape index (κ1) is 13.9. The summed E-state index contributed by atoms with van der Waals surface area (Å²) >= 11 is 0. The lowest BCUT2D eigenvalue weighted by Gasteiger charge is -2.23. The molecule has 2 rings (SSSR count). The molecule has 1 saturated heterocycles. The van der Waals surface area contributed by atoms with E-state index in [0.29, 0.717) is 0 Å². The molecule has 1 atom stereocenters. The monoisotopic (exact) mass is 261 g/mol. The van der Waals surface area contributed by atoms with Gasteiger partial charge in [0.2, 0.25) is 5.91 Å². The Kier molecular flexibility index (Phi) is 4.43.